The molecule has 1 aliphatic heterocycles. The zero-order chi connectivity index (χ0) is 12.3. The third-order valence-electron chi connectivity index (χ3n) is 2.97. The van der Waals surface area contributed by atoms with Crippen molar-refractivity contribution in [2.45, 2.75) is 18.9 Å². The number of halogens is 1. The molecule has 0 atom stereocenters. The standard InChI is InChI=1S/C11H14BrN3O2/c1-17-10-3-2-9(11(12)13-10)15-6-4-8(14-16)5-7-15/h2-3,8H,4-7H2,1H3. The van der Waals surface area contributed by atoms with Gasteiger partial charge in [0.15, 0.2) is 0 Å². The predicted octanol–water partition coefficient (Wildman–Crippen LogP) is 2.59. The molecule has 1 aromatic heterocycles. The van der Waals surface area contributed by atoms with Crippen LogP contribution in [0.2, 0.25) is 0 Å². The van der Waals surface area contributed by atoms with Crippen LogP contribution < -0.4 is 9.64 Å². The van der Waals surface area contributed by atoms with E-state index >= 15 is 0 Å². The van der Waals surface area contributed by atoms with Gasteiger partial charge in [-0.05, 0) is 34.8 Å². The van der Waals surface area contributed by atoms with Crippen molar-refractivity contribution in [3.8, 4) is 5.88 Å². The van der Waals surface area contributed by atoms with Gasteiger partial charge in [-0.25, -0.2) is 4.98 Å². The number of methoxy groups -OCH3 is 1. The smallest absolute Gasteiger partial charge is 0.214 e. The van der Waals surface area contributed by atoms with Crippen molar-refractivity contribution in [2.24, 2.45) is 5.18 Å². The van der Waals surface area contributed by atoms with Crippen LogP contribution in [0.25, 0.3) is 0 Å². The van der Waals surface area contributed by atoms with Gasteiger partial charge < -0.3 is 9.64 Å². The molecule has 0 aliphatic carbocycles. The SMILES string of the molecule is COc1ccc(N2CCC(N=O)CC2)c(Br)n1. The number of rotatable bonds is 3. The molecule has 92 valence electrons. The third-order valence-corrected chi connectivity index (χ3v) is 3.55. The highest BCUT2D eigenvalue weighted by Gasteiger charge is 2.21. The Kier molecular flexibility index (Phi) is 3.93. The summed E-state index contributed by atoms with van der Waals surface area (Å²) in [5.74, 6) is 0.588. The van der Waals surface area contributed by atoms with Crippen LogP contribution in [0.5, 0.6) is 5.88 Å². The number of nitroso groups, excluding NO2 is 1. The van der Waals surface area contributed by atoms with E-state index in [0.717, 1.165) is 36.2 Å². The largest absolute Gasteiger partial charge is 0.481 e. The van der Waals surface area contributed by atoms with Crippen molar-refractivity contribution in [1.82, 2.24) is 4.98 Å². The van der Waals surface area contributed by atoms with Crippen LogP contribution in [0.4, 0.5) is 5.69 Å². The Morgan fingerprint density at radius 2 is 2.18 bits per heavy atom. The number of piperidine rings is 1. The van der Waals surface area contributed by atoms with E-state index in [1.54, 1.807) is 7.11 Å². The van der Waals surface area contributed by atoms with Crippen LogP contribution in [-0.2, 0) is 0 Å². The van der Waals surface area contributed by atoms with Gasteiger partial charge in [0.25, 0.3) is 0 Å². The summed E-state index contributed by atoms with van der Waals surface area (Å²) in [5, 5.41) is 3.10. The molecule has 0 bridgehead atoms. The van der Waals surface area contributed by atoms with Crippen LogP contribution in [0, 0.1) is 4.91 Å². The van der Waals surface area contributed by atoms with Crippen molar-refractivity contribution >= 4 is 21.6 Å². The van der Waals surface area contributed by atoms with Crippen molar-refractivity contribution in [3.05, 3.63) is 21.6 Å². The molecule has 2 heterocycles. The fourth-order valence-electron chi connectivity index (χ4n) is 1.97. The van der Waals surface area contributed by atoms with Crippen LogP contribution in [0.3, 0.4) is 0 Å². The van der Waals surface area contributed by atoms with Gasteiger partial charge in [-0.15, -0.1) is 0 Å². The third kappa shape index (κ3) is 2.74. The fraction of sp³-hybridized carbons (Fsp3) is 0.545. The highest BCUT2D eigenvalue weighted by molar-refractivity contribution is 9.10. The number of aromatic nitrogens is 1. The van der Waals surface area contributed by atoms with E-state index < -0.39 is 0 Å². The topological polar surface area (TPSA) is 54.8 Å². The van der Waals surface area contributed by atoms with Gasteiger partial charge in [0.1, 0.15) is 4.60 Å². The number of anilines is 1. The Hall–Kier alpha value is -1.17. The molecular weight excluding hydrogens is 286 g/mol. The lowest BCUT2D eigenvalue weighted by molar-refractivity contribution is 0.397. The molecule has 0 amide bonds. The maximum Gasteiger partial charge on any atom is 0.214 e. The summed E-state index contributed by atoms with van der Waals surface area (Å²) in [6, 6.07) is 3.78. The molecule has 2 rings (SSSR count). The molecule has 6 heteroatoms. The van der Waals surface area contributed by atoms with E-state index in [9.17, 15) is 4.91 Å². The van der Waals surface area contributed by atoms with Gasteiger partial charge >= 0.3 is 0 Å². The molecule has 1 aromatic rings. The van der Waals surface area contributed by atoms with Gasteiger partial charge in [-0.1, -0.05) is 5.18 Å². The first-order valence-electron chi connectivity index (χ1n) is 5.52. The van der Waals surface area contributed by atoms with Gasteiger partial charge in [0, 0.05) is 19.2 Å². The lowest BCUT2D eigenvalue weighted by atomic mass is 10.1. The first-order chi connectivity index (χ1) is 8.24. The van der Waals surface area contributed by atoms with Gasteiger partial charge in [-0.2, -0.15) is 4.91 Å². The van der Waals surface area contributed by atoms with Crippen molar-refractivity contribution in [3.63, 3.8) is 0 Å². The fourth-order valence-corrected chi connectivity index (χ4v) is 2.53. The van der Waals surface area contributed by atoms with Crippen molar-refractivity contribution in [2.75, 3.05) is 25.1 Å². The second-order valence-corrected chi connectivity index (χ2v) is 4.74. The quantitative estimate of drug-likeness (QED) is 0.636. The maximum absolute atomic E-state index is 10.4. The van der Waals surface area contributed by atoms with Crippen LogP contribution in [0.1, 0.15) is 12.8 Å². The highest BCUT2D eigenvalue weighted by Crippen LogP contribution is 2.29. The Bertz CT molecular complexity index is 406. The summed E-state index contributed by atoms with van der Waals surface area (Å²) in [7, 11) is 1.59. The minimum Gasteiger partial charge on any atom is -0.481 e. The molecule has 0 aromatic carbocycles. The molecule has 1 aliphatic rings. The summed E-state index contributed by atoms with van der Waals surface area (Å²) in [6.45, 7) is 1.67. The second kappa shape index (κ2) is 5.44. The van der Waals surface area contributed by atoms with Gasteiger partial charge in [0.05, 0.1) is 18.8 Å². The van der Waals surface area contributed by atoms with Gasteiger partial charge in [-0.3, -0.25) is 0 Å². The molecule has 0 radical (unpaired) electrons. The summed E-state index contributed by atoms with van der Waals surface area (Å²) < 4.78 is 5.83. The molecule has 0 unspecified atom stereocenters. The molecule has 1 fully saturated rings. The van der Waals surface area contributed by atoms with Crippen molar-refractivity contribution in [1.29, 1.82) is 0 Å². The molecular formula is C11H14BrN3O2. The summed E-state index contributed by atoms with van der Waals surface area (Å²) >= 11 is 3.44. The van der Waals surface area contributed by atoms with E-state index in [0.29, 0.717) is 5.88 Å². The van der Waals surface area contributed by atoms with E-state index in [2.05, 4.69) is 31.0 Å². The van der Waals surface area contributed by atoms with Crippen molar-refractivity contribution < 1.29 is 4.74 Å². The maximum atomic E-state index is 10.4. The highest BCUT2D eigenvalue weighted by atomic mass is 79.9. The zero-order valence-corrected chi connectivity index (χ0v) is 11.2. The second-order valence-electron chi connectivity index (χ2n) is 3.99. The number of pyridine rings is 1. The molecule has 5 nitrogen and oxygen atoms in total. The van der Waals surface area contributed by atoms with E-state index in [1.165, 1.54) is 0 Å². The molecule has 0 saturated carbocycles. The average Bonchev–Trinajstić information content (AvgIpc) is 2.39. The molecule has 1 saturated heterocycles. The number of nitrogens with zero attached hydrogens (tertiary/aromatic N) is 3. The number of hydrogen-bond acceptors (Lipinski definition) is 5. The van der Waals surface area contributed by atoms with E-state index in [4.69, 9.17) is 4.74 Å². The van der Waals surface area contributed by atoms with E-state index in [1.807, 2.05) is 12.1 Å². The molecule has 0 N–H and O–H groups in total. The molecule has 0 spiro atoms. The Balaban J connectivity index is 2.10. The van der Waals surface area contributed by atoms with Crippen LogP contribution in [0.15, 0.2) is 21.9 Å². The minimum atomic E-state index is -0.0313. The monoisotopic (exact) mass is 299 g/mol. The number of ether oxygens (including phenoxy) is 1. The minimum absolute atomic E-state index is 0.0313. The average molecular weight is 300 g/mol. The normalized spacial score (nSPS) is 16.9. The number of hydrogen-bond donors (Lipinski definition) is 0. The molecule has 17 heavy (non-hydrogen) atoms. The van der Waals surface area contributed by atoms with Crippen LogP contribution >= 0.6 is 15.9 Å². The zero-order valence-electron chi connectivity index (χ0n) is 9.60. The Labute approximate surface area is 108 Å². The van der Waals surface area contributed by atoms with Gasteiger partial charge in [0.2, 0.25) is 5.88 Å². The first-order valence-corrected chi connectivity index (χ1v) is 6.32. The summed E-state index contributed by atoms with van der Waals surface area (Å²) in [4.78, 5) is 16.9. The van der Waals surface area contributed by atoms with E-state index in [-0.39, 0.29) is 6.04 Å². The first kappa shape index (κ1) is 12.3. The lowest BCUT2D eigenvalue weighted by Crippen LogP contribution is -2.35. The lowest BCUT2D eigenvalue weighted by Gasteiger charge is -2.31. The Morgan fingerprint density at radius 1 is 1.47 bits per heavy atom. The summed E-state index contributed by atoms with van der Waals surface area (Å²) in [5.41, 5.74) is 1.04. The Morgan fingerprint density at radius 3 is 2.71 bits per heavy atom. The summed E-state index contributed by atoms with van der Waals surface area (Å²) in [6.07, 6.45) is 1.62. The predicted molar refractivity (Wildman–Crippen MR) is 69.5 cm³/mol. The van der Waals surface area contributed by atoms with Crippen LogP contribution in [-0.4, -0.2) is 31.2 Å².